The van der Waals surface area contributed by atoms with E-state index >= 15 is 0 Å². The predicted molar refractivity (Wildman–Crippen MR) is 104 cm³/mol. The van der Waals surface area contributed by atoms with Crippen LogP contribution in [0.2, 0.25) is 0 Å². The van der Waals surface area contributed by atoms with Gasteiger partial charge in [0, 0.05) is 23.5 Å². The van der Waals surface area contributed by atoms with E-state index < -0.39 is 21.6 Å². The highest BCUT2D eigenvalue weighted by Crippen LogP contribution is 2.45. The molecule has 1 aromatic carbocycles. The van der Waals surface area contributed by atoms with Crippen molar-refractivity contribution in [1.82, 2.24) is 5.16 Å². The number of hydrogen-bond donors (Lipinski definition) is 0. The van der Waals surface area contributed by atoms with Crippen LogP contribution in [-0.4, -0.2) is 50.5 Å². The summed E-state index contributed by atoms with van der Waals surface area (Å²) in [7, 11) is -3.54. The zero-order valence-electron chi connectivity index (χ0n) is 15.9. The molecule has 0 radical (unpaired) electrons. The highest BCUT2D eigenvalue weighted by atomic mass is 32.2. The number of ether oxygens (including phenoxy) is 2. The van der Waals surface area contributed by atoms with Gasteiger partial charge in [-0.1, -0.05) is 5.16 Å². The first kappa shape index (κ1) is 20.0. The first-order valence-electron chi connectivity index (χ1n) is 9.17. The Labute approximate surface area is 171 Å². The molecule has 0 bridgehead atoms. The van der Waals surface area contributed by atoms with Gasteiger partial charge in [-0.3, -0.25) is 4.79 Å². The summed E-state index contributed by atoms with van der Waals surface area (Å²) in [5.74, 6) is -0.00994. The Kier molecular flexibility index (Phi) is 5.16. The first-order valence-corrected chi connectivity index (χ1v) is 12.0. The summed E-state index contributed by atoms with van der Waals surface area (Å²) < 4.78 is 40.2. The third kappa shape index (κ3) is 3.66. The lowest BCUT2D eigenvalue weighted by molar-refractivity contribution is 0.0512. The molecule has 0 amide bonds. The van der Waals surface area contributed by atoms with Crippen molar-refractivity contribution in [3.63, 3.8) is 0 Å². The quantitative estimate of drug-likeness (QED) is 0.497. The van der Waals surface area contributed by atoms with Crippen LogP contribution in [-0.2, 0) is 14.6 Å². The zero-order chi connectivity index (χ0) is 20.8. The summed E-state index contributed by atoms with van der Waals surface area (Å²) in [6.07, 6.45) is 2.79. The fourth-order valence-electron chi connectivity index (χ4n) is 3.20. The number of hydrogen-bond acceptors (Lipinski definition) is 9. The van der Waals surface area contributed by atoms with Crippen molar-refractivity contribution in [1.29, 1.82) is 0 Å². The number of esters is 1. The number of fused-ring (bicyclic) bond motifs is 1. The van der Waals surface area contributed by atoms with Gasteiger partial charge in [0.15, 0.2) is 27.1 Å². The average molecular weight is 437 g/mol. The highest BCUT2D eigenvalue weighted by Gasteiger charge is 2.39. The molecule has 0 N–H and O–H groups in total. The Bertz CT molecular complexity index is 1100. The van der Waals surface area contributed by atoms with E-state index in [1.165, 1.54) is 23.9 Å². The van der Waals surface area contributed by atoms with Crippen molar-refractivity contribution >= 4 is 33.4 Å². The second kappa shape index (κ2) is 7.49. The van der Waals surface area contributed by atoms with Crippen molar-refractivity contribution in [2.75, 3.05) is 25.2 Å². The number of nitrogens with zero attached hydrogens (tertiary/aromatic N) is 1. The minimum absolute atomic E-state index is 0.0367. The van der Waals surface area contributed by atoms with E-state index in [4.69, 9.17) is 14.0 Å². The molecule has 4 rings (SSSR count). The van der Waals surface area contributed by atoms with E-state index in [0.29, 0.717) is 23.0 Å². The van der Waals surface area contributed by atoms with E-state index in [2.05, 4.69) is 5.16 Å². The molecule has 10 heteroatoms. The molecule has 1 fully saturated rings. The Morgan fingerprint density at radius 3 is 2.72 bits per heavy atom. The second-order valence-electron chi connectivity index (χ2n) is 6.83. The fraction of sp³-hybridized carbons (Fsp3) is 0.421. The van der Waals surface area contributed by atoms with E-state index in [-0.39, 0.29) is 40.0 Å². The fourth-order valence-corrected chi connectivity index (χ4v) is 5.07. The van der Waals surface area contributed by atoms with Crippen molar-refractivity contribution in [3.8, 4) is 5.75 Å². The molecule has 1 aliphatic heterocycles. The molecule has 0 unspecified atom stereocenters. The minimum atomic E-state index is -3.54. The Morgan fingerprint density at radius 2 is 2.07 bits per heavy atom. The molecule has 2 aliphatic rings. The molecule has 8 nitrogen and oxygen atoms in total. The molecule has 0 saturated heterocycles. The second-order valence-corrected chi connectivity index (χ2v) is 9.92. The monoisotopic (exact) mass is 437 g/mol. The van der Waals surface area contributed by atoms with E-state index in [9.17, 15) is 18.0 Å². The van der Waals surface area contributed by atoms with Crippen molar-refractivity contribution in [2.24, 2.45) is 0 Å². The summed E-state index contributed by atoms with van der Waals surface area (Å²) in [4.78, 5) is 26.3. The van der Waals surface area contributed by atoms with Crippen LogP contribution in [0.25, 0.3) is 0 Å². The summed E-state index contributed by atoms with van der Waals surface area (Å²) in [5.41, 5.74) is 0.195. The standard InChI is InChI=1S/C19H19NO7S2/c1-3-25-19(22)14-13(16(27-20-14)10-4-5-10)15(21)11-6-7-12(29(2,23)24)17-18(11)28-9-8-26-17/h6-7,10H,3-5,8-9H2,1-2H3. The Balaban J connectivity index is 1.86. The predicted octanol–water partition coefficient (Wildman–Crippen LogP) is 2.85. The molecule has 2 heterocycles. The molecule has 1 saturated carbocycles. The first-order chi connectivity index (χ1) is 13.8. The zero-order valence-corrected chi connectivity index (χ0v) is 17.5. The van der Waals surface area contributed by atoms with Crippen LogP contribution in [0.4, 0.5) is 0 Å². The lowest BCUT2D eigenvalue weighted by atomic mass is 9.99. The third-order valence-electron chi connectivity index (χ3n) is 4.66. The number of carbonyl (C=O) groups excluding carboxylic acids is 2. The maximum atomic E-state index is 13.5. The smallest absolute Gasteiger partial charge is 0.361 e. The summed E-state index contributed by atoms with van der Waals surface area (Å²) >= 11 is 1.35. The lowest BCUT2D eigenvalue weighted by Crippen LogP contribution is -2.17. The SMILES string of the molecule is CCOC(=O)c1noc(C2CC2)c1C(=O)c1ccc(S(C)(=O)=O)c2c1SCCO2. The van der Waals surface area contributed by atoms with Gasteiger partial charge in [-0.25, -0.2) is 13.2 Å². The van der Waals surface area contributed by atoms with Crippen LogP contribution in [0, 0.1) is 0 Å². The number of sulfone groups is 1. The van der Waals surface area contributed by atoms with Crippen LogP contribution >= 0.6 is 11.8 Å². The van der Waals surface area contributed by atoms with Gasteiger partial charge in [-0.2, -0.15) is 0 Å². The van der Waals surface area contributed by atoms with Crippen molar-refractivity contribution < 1.29 is 32.0 Å². The van der Waals surface area contributed by atoms with Crippen LogP contribution in [0.15, 0.2) is 26.4 Å². The van der Waals surface area contributed by atoms with E-state index in [1.54, 1.807) is 6.92 Å². The molecule has 1 aliphatic carbocycles. The molecular formula is C19H19NO7S2. The van der Waals surface area contributed by atoms with Gasteiger partial charge in [0.25, 0.3) is 0 Å². The van der Waals surface area contributed by atoms with Crippen molar-refractivity contribution in [3.05, 3.63) is 34.7 Å². The molecule has 0 atom stereocenters. The maximum Gasteiger partial charge on any atom is 0.361 e. The van der Waals surface area contributed by atoms with Gasteiger partial charge in [0.05, 0.1) is 18.1 Å². The number of carbonyl (C=O) groups is 2. The molecular weight excluding hydrogens is 418 g/mol. The highest BCUT2D eigenvalue weighted by molar-refractivity contribution is 7.99. The average Bonchev–Trinajstić information content (AvgIpc) is 3.44. The third-order valence-corrected chi connectivity index (χ3v) is 6.84. The Morgan fingerprint density at radius 1 is 1.31 bits per heavy atom. The van der Waals surface area contributed by atoms with Crippen LogP contribution in [0.5, 0.6) is 5.75 Å². The number of benzene rings is 1. The molecule has 1 aromatic heterocycles. The van der Waals surface area contributed by atoms with Crippen LogP contribution in [0.1, 0.15) is 57.9 Å². The van der Waals surface area contributed by atoms with Crippen LogP contribution < -0.4 is 4.74 Å². The van der Waals surface area contributed by atoms with E-state index in [1.807, 2.05) is 0 Å². The topological polar surface area (TPSA) is 113 Å². The lowest BCUT2D eigenvalue weighted by Gasteiger charge is -2.21. The minimum Gasteiger partial charge on any atom is -0.490 e. The molecule has 0 spiro atoms. The molecule has 2 aromatic rings. The number of aromatic nitrogens is 1. The number of rotatable bonds is 6. The summed E-state index contributed by atoms with van der Waals surface area (Å²) in [6.45, 7) is 2.14. The largest absolute Gasteiger partial charge is 0.490 e. The summed E-state index contributed by atoms with van der Waals surface area (Å²) in [6, 6.07) is 2.82. The number of ketones is 1. The van der Waals surface area contributed by atoms with Gasteiger partial charge in [0.1, 0.15) is 10.5 Å². The van der Waals surface area contributed by atoms with Gasteiger partial charge < -0.3 is 14.0 Å². The van der Waals surface area contributed by atoms with Gasteiger partial charge in [0.2, 0.25) is 5.69 Å². The van der Waals surface area contributed by atoms with Gasteiger partial charge in [-0.05, 0) is 31.9 Å². The Hall–Kier alpha value is -2.33. The van der Waals surface area contributed by atoms with Crippen molar-refractivity contribution in [2.45, 2.75) is 35.5 Å². The number of thioether (sulfide) groups is 1. The molecule has 154 valence electrons. The normalized spacial score (nSPS) is 16.1. The van der Waals surface area contributed by atoms with Gasteiger partial charge in [-0.15, -0.1) is 11.8 Å². The van der Waals surface area contributed by atoms with E-state index in [0.717, 1.165) is 19.1 Å². The van der Waals surface area contributed by atoms with Crippen LogP contribution in [0.3, 0.4) is 0 Å². The van der Waals surface area contributed by atoms with Gasteiger partial charge >= 0.3 is 5.97 Å². The molecule has 29 heavy (non-hydrogen) atoms. The summed E-state index contributed by atoms with van der Waals surface area (Å²) in [5, 5.41) is 3.81. The maximum absolute atomic E-state index is 13.5.